The molecule has 0 bridgehead atoms. The van der Waals surface area contributed by atoms with Crippen LogP contribution < -0.4 is 16.0 Å². The lowest BCUT2D eigenvalue weighted by molar-refractivity contribution is -0.132. The van der Waals surface area contributed by atoms with Gasteiger partial charge >= 0.3 is 0 Å². The maximum Gasteiger partial charge on any atom is 0.245 e. The standard InChI is InChI=1S/C25H40N8O2/c1-15(34)28-18-12-16(30-25(5,6)7)8-9-19(18)32-11-10-17(22(32)35)29-23-27-14-26-21-13-20(24(2,3)4)31-33(21)23/h13-14,16-19,30H,8-12H2,1-7H3,(H,28,34)(H,26,27,29)/t16-,17?,18?,19?/m1/s1. The van der Waals surface area contributed by atoms with Gasteiger partial charge in [0.1, 0.15) is 12.4 Å². The normalized spacial score (nSPS) is 25.8. The van der Waals surface area contributed by atoms with Crippen molar-refractivity contribution in [2.24, 2.45) is 0 Å². The zero-order valence-corrected chi connectivity index (χ0v) is 22.1. The van der Waals surface area contributed by atoms with Crippen LogP contribution in [0.4, 0.5) is 5.95 Å². The van der Waals surface area contributed by atoms with Gasteiger partial charge in [-0.15, -0.1) is 0 Å². The molecule has 1 aliphatic heterocycles. The number of amides is 2. The fourth-order valence-corrected chi connectivity index (χ4v) is 5.29. The lowest BCUT2D eigenvalue weighted by Crippen LogP contribution is -2.59. The molecule has 3 heterocycles. The van der Waals surface area contributed by atoms with Crippen molar-refractivity contribution in [3.8, 4) is 0 Å². The molecule has 1 saturated heterocycles. The van der Waals surface area contributed by atoms with Crippen LogP contribution in [0.25, 0.3) is 5.65 Å². The summed E-state index contributed by atoms with van der Waals surface area (Å²) in [7, 11) is 0. The van der Waals surface area contributed by atoms with E-state index in [1.165, 1.54) is 6.33 Å². The summed E-state index contributed by atoms with van der Waals surface area (Å²) in [6.07, 6.45) is 4.79. The fraction of sp³-hybridized carbons (Fsp3) is 0.720. The number of hydrogen-bond donors (Lipinski definition) is 3. The Hall–Kier alpha value is -2.75. The molecule has 0 radical (unpaired) electrons. The third-order valence-corrected chi connectivity index (χ3v) is 6.81. The maximum atomic E-state index is 13.5. The van der Waals surface area contributed by atoms with Crippen LogP contribution in [-0.4, -0.2) is 72.5 Å². The van der Waals surface area contributed by atoms with Gasteiger partial charge in [0.25, 0.3) is 0 Å². The van der Waals surface area contributed by atoms with Gasteiger partial charge in [-0.1, -0.05) is 20.8 Å². The molecule has 2 amide bonds. The van der Waals surface area contributed by atoms with Gasteiger partial charge in [0.15, 0.2) is 5.65 Å². The van der Waals surface area contributed by atoms with Crippen molar-refractivity contribution in [1.29, 1.82) is 0 Å². The molecule has 2 aromatic rings. The molecule has 4 atom stereocenters. The van der Waals surface area contributed by atoms with Gasteiger partial charge in [-0.2, -0.15) is 9.61 Å². The van der Waals surface area contributed by atoms with Crippen LogP contribution >= 0.6 is 0 Å². The van der Waals surface area contributed by atoms with Crippen LogP contribution in [0, 0.1) is 0 Å². The van der Waals surface area contributed by atoms with Gasteiger partial charge in [-0.05, 0) is 46.5 Å². The molecule has 1 aliphatic carbocycles. The Balaban J connectivity index is 1.49. The van der Waals surface area contributed by atoms with Gasteiger partial charge in [-0.3, -0.25) is 9.59 Å². The zero-order chi connectivity index (χ0) is 25.5. The highest BCUT2D eigenvalue weighted by atomic mass is 16.2. The Morgan fingerprint density at radius 3 is 2.49 bits per heavy atom. The molecule has 3 N–H and O–H groups in total. The Kier molecular flexibility index (Phi) is 6.78. The molecule has 35 heavy (non-hydrogen) atoms. The van der Waals surface area contributed by atoms with Gasteiger partial charge in [0.05, 0.1) is 17.8 Å². The predicted octanol–water partition coefficient (Wildman–Crippen LogP) is 2.25. The fourth-order valence-electron chi connectivity index (χ4n) is 5.29. The molecule has 2 fully saturated rings. The summed E-state index contributed by atoms with van der Waals surface area (Å²) in [6.45, 7) is 15.0. The van der Waals surface area contributed by atoms with E-state index in [1.807, 2.05) is 11.0 Å². The quantitative estimate of drug-likeness (QED) is 0.596. The molecule has 3 unspecified atom stereocenters. The van der Waals surface area contributed by atoms with E-state index in [0.29, 0.717) is 30.6 Å². The largest absolute Gasteiger partial charge is 0.351 e. The SMILES string of the molecule is CC(=O)NC1C[C@H](NC(C)(C)C)CCC1N1CCC(Nc2ncnc3cc(C(C)(C)C)nn23)C1=O. The first-order chi connectivity index (χ1) is 16.3. The van der Waals surface area contributed by atoms with E-state index in [0.717, 1.165) is 25.0 Å². The number of hydrogen-bond acceptors (Lipinski definition) is 7. The van der Waals surface area contributed by atoms with Crippen LogP contribution in [0.15, 0.2) is 12.4 Å². The van der Waals surface area contributed by atoms with Gasteiger partial charge < -0.3 is 20.9 Å². The number of carbonyl (C=O) groups excluding carboxylic acids is 2. The van der Waals surface area contributed by atoms with Crippen molar-refractivity contribution >= 4 is 23.4 Å². The first-order valence-electron chi connectivity index (χ1n) is 12.6. The molecule has 10 heteroatoms. The number of rotatable bonds is 5. The minimum atomic E-state index is -0.390. The molecular weight excluding hydrogens is 444 g/mol. The average molecular weight is 485 g/mol. The molecule has 1 saturated carbocycles. The smallest absolute Gasteiger partial charge is 0.245 e. The van der Waals surface area contributed by atoms with E-state index in [-0.39, 0.29) is 34.9 Å². The third kappa shape index (κ3) is 5.74. The maximum absolute atomic E-state index is 13.5. The molecule has 2 aliphatic rings. The van der Waals surface area contributed by atoms with E-state index >= 15 is 0 Å². The highest BCUT2D eigenvalue weighted by molar-refractivity contribution is 5.87. The zero-order valence-electron chi connectivity index (χ0n) is 22.1. The summed E-state index contributed by atoms with van der Waals surface area (Å²) in [4.78, 5) is 36.2. The summed E-state index contributed by atoms with van der Waals surface area (Å²) in [5, 5.41) is 14.8. The monoisotopic (exact) mass is 484 g/mol. The molecule has 0 aromatic carbocycles. The van der Waals surface area contributed by atoms with Crippen LogP contribution in [0.2, 0.25) is 0 Å². The third-order valence-electron chi connectivity index (χ3n) is 6.81. The van der Waals surface area contributed by atoms with Crippen molar-refractivity contribution in [3.63, 3.8) is 0 Å². The predicted molar refractivity (Wildman–Crippen MR) is 135 cm³/mol. The number of fused-ring (bicyclic) bond motifs is 1. The summed E-state index contributed by atoms with van der Waals surface area (Å²) < 4.78 is 1.68. The van der Waals surface area contributed by atoms with Gasteiger partial charge in [-0.25, -0.2) is 9.97 Å². The van der Waals surface area contributed by atoms with Crippen LogP contribution in [0.3, 0.4) is 0 Å². The minimum Gasteiger partial charge on any atom is -0.351 e. The first-order valence-corrected chi connectivity index (χ1v) is 12.6. The van der Waals surface area contributed by atoms with Crippen molar-refractivity contribution < 1.29 is 9.59 Å². The average Bonchev–Trinajstić information content (AvgIpc) is 3.32. The van der Waals surface area contributed by atoms with E-state index < -0.39 is 6.04 Å². The highest BCUT2D eigenvalue weighted by Crippen LogP contribution is 2.30. The minimum absolute atomic E-state index is 0.00100. The Morgan fingerprint density at radius 2 is 1.83 bits per heavy atom. The first kappa shape index (κ1) is 25.3. The summed E-state index contributed by atoms with van der Waals surface area (Å²) >= 11 is 0. The molecule has 0 spiro atoms. The number of anilines is 1. The summed E-state index contributed by atoms with van der Waals surface area (Å²) in [5.74, 6) is 0.499. The Labute approximate surface area is 207 Å². The van der Waals surface area contributed by atoms with Gasteiger partial charge in [0, 0.05) is 36.5 Å². The van der Waals surface area contributed by atoms with E-state index in [4.69, 9.17) is 5.10 Å². The van der Waals surface area contributed by atoms with E-state index in [1.54, 1.807) is 11.4 Å². The van der Waals surface area contributed by atoms with Crippen LogP contribution in [0.1, 0.15) is 79.8 Å². The number of carbonyl (C=O) groups is 2. The second-order valence-corrected chi connectivity index (χ2v) is 12.0. The lowest BCUT2D eigenvalue weighted by atomic mass is 9.84. The molecule has 192 valence electrons. The summed E-state index contributed by atoms with van der Waals surface area (Å²) in [6, 6.07) is 1.78. The second kappa shape index (κ2) is 9.37. The van der Waals surface area contributed by atoms with Crippen molar-refractivity contribution in [3.05, 3.63) is 18.1 Å². The van der Waals surface area contributed by atoms with Crippen LogP contribution in [0.5, 0.6) is 0 Å². The molecular formula is C25H40N8O2. The van der Waals surface area contributed by atoms with E-state index in [9.17, 15) is 9.59 Å². The number of nitrogens with zero attached hydrogens (tertiary/aromatic N) is 5. The van der Waals surface area contributed by atoms with Gasteiger partial charge in [0.2, 0.25) is 17.8 Å². The molecule has 2 aromatic heterocycles. The topological polar surface area (TPSA) is 117 Å². The Morgan fingerprint density at radius 1 is 1.09 bits per heavy atom. The Bertz CT molecular complexity index is 1080. The molecule has 4 rings (SSSR count). The lowest BCUT2D eigenvalue weighted by Gasteiger charge is -2.43. The number of likely N-dealkylation sites (tertiary alicyclic amines) is 1. The van der Waals surface area contributed by atoms with E-state index in [2.05, 4.69) is 67.5 Å². The number of nitrogens with one attached hydrogen (secondary N) is 3. The van der Waals surface area contributed by atoms with Crippen LogP contribution in [-0.2, 0) is 15.0 Å². The van der Waals surface area contributed by atoms with Crippen molar-refractivity contribution in [1.82, 2.24) is 35.1 Å². The molecule has 10 nitrogen and oxygen atoms in total. The van der Waals surface area contributed by atoms with Crippen molar-refractivity contribution in [2.45, 2.75) is 109 Å². The highest BCUT2D eigenvalue weighted by Gasteiger charge is 2.42. The number of aromatic nitrogens is 4. The summed E-state index contributed by atoms with van der Waals surface area (Å²) in [5.41, 5.74) is 1.49. The second-order valence-electron chi connectivity index (χ2n) is 12.0. The van der Waals surface area contributed by atoms with Crippen molar-refractivity contribution in [2.75, 3.05) is 11.9 Å².